The minimum absolute atomic E-state index is 0.708. The quantitative estimate of drug-likeness (QED) is 0.830. The third kappa shape index (κ3) is 3.43. The Bertz CT molecular complexity index is 480. The van der Waals surface area contributed by atoms with E-state index in [9.17, 15) is 0 Å². The third-order valence-corrected chi connectivity index (χ3v) is 3.08. The van der Waals surface area contributed by atoms with Gasteiger partial charge in [-0.25, -0.2) is 4.52 Å². The van der Waals surface area contributed by atoms with E-state index < -0.39 is 0 Å². The first-order valence-corrected chi connectivity index (χ1v) is 6.84. The van der Waals surface area contributed by atoms with Crippen LogP contribution in [0.15, 0.2) is 22.8 Å². The molecule has 0 bridgehead atoms. The van der Waals surface area contributed by atoms with E-state index in [4.69, 9.17) is 0 Å². The van der Waals surface area contributed by atoms with Crippen LogP contribution in [0.1, 0.15) is 32.6 Å². The Balaban J connectivity index is 1.91. The number of anilines is 1. The summed E-state index contributed by atoms with van der Waals surface area (Å²) in [5, 5.41) is 7.61. The van der Waals surface area contributed by atoms with E-state index in [2.05, 4.69) is 38.3 Å². The van der Waals surface area contributed by atoms with Gasteiger partial charge in [0.2, 0.25) is 5.95 Å². The summed E-state index contributed by atoms with van der Waals surface area (Å²) in [6.07, 6.45) is 6.91. The molecule has 2 rings (SSSR count). The predicted octanol–water partition coefficient (Wildman–Crippen LogP) is 3.48. The van der Waals surface area contributed by atoms with Crippen molar-refractivity contribution < 1.29 is 0 Å². The summed E-state index contributed by atoms with van der Waals surface area (Å²) >= 11 is 3.41. The van der Waals surface area contributed by atoms with Gasteiger partial charge >= 0.3 is 0 Å². The van der Waals surface area contributed by atoms with Crippen molar-refractivity contribution in [1.82, 2.24) is 14.6 Å². The lowest BCUT2D eigenvalue weighted by atomic mass is 10.2. The number of aromatic nitrogens is 3. The Morgan fingerprint density at radius 2 is 2.18 bits per heavy atom. The lowest BCUT2D eigenvalue weighted by Crippen LogP contribution is -2.03. The molecule has 5 heteroatoms. The molecule has 4 nitrogen and oxygen atoms in total. The Kier molecular flexibility index (Phi) is 4.36. The van der Waals surface area contributed by atoms with Crippen LogP contribution in [0.25, 0.3) is 5.65 Å². The second-order valence-electron chi connectivity index (χ2n) is 4.07. The topological polar surface area (TPSA) is 42.2 Å². The van der Waals surface area contributed by atoms with Crippen molar-refractivity contribution in [3.8, 4) is 0 Å². The van der Waals surface area contributed by atoms with Crippen molar-refractivity contribution in [2.24, 2.45) is 0 Å². The number of pyridine rings is 1. The van der Waals surface area contributed by atoms with Gasteiger partial charge in [0.15, 0.2) is 5.65 Å². The second-order valence-corrected chi connectivity index (χ2v) is 4.99. The number of nitrogens with one attached hydrogen (secondary N) is 1. The Hall–Kier alpha value is -1.10. The molecule has 2 aromatic rings. The zero-order valence-corrected chi connectivity index (χ0v) is 11.6. The van der Waals surface area contributed by atoms with Gasteiger partial charge in [0.1, 0.15) is 0 Å². The number of halogens is 1. The summed E-state index contributed by atoms with van der Waals surface area (Å²) in [4.78, 5) is 4.39. The summed E-state index contributed by atoms with van der Waals surface area (Å²) < 4.78 is 2.78. The SMILES string of the molecule is CCCCCCNc1nc2ccc(Br)cn2n1. The normalized spacial score (nSPS) is 10.9. The van der Waals surface area contributed by atoms with Crippen LogP contribution in [0, 0.1) is 0 Å². The van der Waals surface area contributed by atoms with Crippen molar-refractivity contribution in [2.75, 3.05) is 11.9 Å². The van der Waals surface area contributed by atoms with Crippen LogP contribution in [0.4, 0.5) is 5.95 Å². The summed E-state index contributed by atoms with van der Waals surface area (Å²) in [6, 6.07) is 3.91. The maximum atomic E-state index is 4.39. The van der Waals surface area contributed by atoms with Crippen molar-refractivity contribution in [1.29, 1.82) is 0 Å². The zero-order chi connectivity index (χ0) is 12.1. The van der Waals surface area contributed by atoms with E-state index in [1.807, 2.05) is 18.3 Å². The fourth-order valence-corrected chi connectivity index (χ4v) is 2.01. The molecular weight excluding hydrogens is 280 g/mol. The average molecular weight is 297 g/mol. The second kappa shape index (κ2) is 6.00. The highest BCUT2D eigenvalue weighted by Gasteiger charge is 2.02. The average Bonchev–Trinajstić information content (AvgIpc) is 2.70. The van der Waals surface area contributed by atoms with Gasteiger partial charge in [-0.3, -0.25) is 0 Å². The third-order valence-electron chi connectivity index (χ3n) is 2.61. The Labute approximate surface area is 110 Å². The van der Waals surface area contributed by atoms with Gasteiger partial charge in [0.05, 0.1) is 0 Å². The molecule has 0 spiro atoms. The monoisotopic (exact) mass is 296 g/mol. The molecule has 2 heterocycles. The van der Waals surface area contributed by atoms with E-state index in [-0.39, 0.29) is 0 Å². The number of unbranched alkanes of at least 4 members (excludes halogenated alkanes) is 3. The Morgan fingerprint density at radius 1 is 1.29 bits per heavy atom. The summed E-state index contributed by atoms with van der Waals surface area (Å²) in [7, 11) is 0. The highest BCUT2D eigenvalue weighted by molar-refractivity contribution is 9.10. The molecule has 2 aromatic heterocycles. The van der Waals surface area contributed by atoms with Crippen LogP contribution in [-0.4, -0.2) is 21.1 Å². The van der Waals surface area contributed by atoms with Gasteiger partial charge in [0.25, 0.3) is 0 Å². The largest absolute Gasteiger partial charge is 0.353 e. The molecule has 0 aliphatic carbocycles. The molecule has 0 atom stereocenters. The van der Waals surface area contributed by atoms with Gasteiger partial charge in [0, 0.05) is 17.2 Å². The molecule has 1 N–H and O–H groups in total. The fourth-order valence-electron chi connectivity index (χ4n) is 1.68. The molecular formula is C12H17BrN4. The number of fused-ring (bicyclic) bond motifs is 1. The van der Waals surface area contributed by atoms with Crippen LogP contribution in [-0.2, 0) is 0 Å². The van der Waals surface area contributed by atoms with Gasteiger partial charge in [-0.1, -0.05) is 26.2 Å². The van der Waals surface area contributed by atoms with E-state index in [1.165, 1.54) is 25.7 Å². The maximum absolute atomic E-state index is 4.39. The van der Waals surface area contributed by atoms with E-state index in [0.717, 1.165) is 16.7 Å². The summed E-state index contributed by atoms with van der Waals surface area (Å²) in [5.41, 5.74) is 0.865. The molecule has 92 valence electrons. The van der Waals surface area contributed by atoms with E-state index in [0.29, 0.717) is 5.95 Å². The molecule has 0 aliphatic rings. The molecule has 0 fully saturated rings. The minimum atomic E-state index is 0.708. The molecule has 0 saturated heterocycles. The molecule has 0 amide bonds. The van der Waals surface area contributed by atoms with Crippen molar-refractivity contribution in [2.45, 2.75) is 32.6 Å². The molecule has 0 radical (unpaired) electrons. The van der Waals surface area contributed by atoms with Crippen LogP contribution < -0.4 is 5.32 Å². The Morgan fingerprint density at radius 3 is 3.00 bits per heavy atom. The summed E-state index contributed by atoms with van der Waals surface area (Å²) in [5.74, 6) is 0.708. The maximum Gasteiger partial charge on any atom is 0.243 e. The van der Waals surface area contributed by atoms with E-state index in [1.54, 1.807) is 4.52 Å². The van der Waals surface area contributed by atoms with Gasteiger partial charge < -0.3 is 5.32 Å². The number of nitrogens with zero attached hydrogens (tertiary/aromatic N) is 3. The first kappa shape index (κ1) is 12.4. The molecule has 0 unspecified atom stereocenters. The first-order valence-electron chi connectivity index (χ1n) is 6.05. The predicted molar refractivity (Wildman–Crippen MR) is 73.3 cm³/mol. The fraction of sp³-hybridized carbons (Fsp3) is 0.500. The standard InChI is InChI=1S/C12H17BrN4/c1-2-3-4-5-8-14-12-15-11-7-6-10(13)9-17(11)16-12/h6-7,9H,2-5,8H2,1H3,(H,14,16). The van der Waals surface area contributed by atoms with Gasteiger partial charge in [-0.05, 0) is 34.5 Å². The molecule has 0 aliphatic heterocycles. The molecule has 17 heavy (non-hydrogen) atoms. The lowest BCUT2D eigenvalue weighted by molar-refractivity contribution is 0.683. The highest BCUT2D eigenvalue weighted by Crippen LogP contribution is 2.12. The van der Waals surface area contributed by atoms with Crippen molar-refractivity contribution in [3.05, 3.63) is 22.8 Å². The van der Waals surface area contributed by atoms with Crippen molar-refractivity contribution in [3.63, 3.8) is 0 Å². The zero-order valence-electron chi connectivity index (χ0n) is 9.99. The van der Waals surface area contributed by atoms with Crippen LogP contribution >= 0.6 is 15.9 Å². The van der Waals surface area contributed by atoms with Gasteiger partial charge in [-0.2, -0.15) is 4.98 Å². The summed E-state index contributed by atoms with van der Waals surface area (Å²) in [6.45, 7) is 3.16. The molecule has 0 saturated carbocycles. The number of hydrogen-bond donors (Lipinski definition) is 1. The number of hydrogen-bond acceptors (Lipinski definition) is 3. The smallest absolute Gasteiger partial charge is 0.243 e. The lowest BCUT2D eigenvalue weighted by Gasteiger charge is -2.00. The van der Waals surface area contributed by atoms with E-state index >= 15 is 0 Å². The van der Waals surface area contributed by atoms with Crippen LogP contribution in [0.2, 0.25) is 0 Å². The van der Waals surface area contributed by atoms with Gasteiger partial charge in [-0.15, -0.1) is 5.10 Å². The van der Waals surface area contributed by atoms with Crippen molar-refractivity contribution >= 4 is 27.5 Å². The number of rotatable bonds is 6. The molecule has 0 aromatic carbocycles. The van der Waals surface area contributed by atoms with Crippen LogP contribution in [0.3, 0.4) is 0 Å². The minimum Gasteiger partial charge on any atom is -0.353 e. The van der Waals surface area contributed by atoms with Crippen LogP contribution in [0.5, 0.6) is 0 Å². The first-order chi connectivity index (χ1) is 8.29. The highest BCUT2D eigenvalue weighted by atomic mass is 79.9.